The van der Waals surface area contributed by atoms with Gasteiger partial charge in [-0.05, 0) is 19.8 Å². The molecule has 0 aliphatic heterocycles. The molecule has 5 heteroatoms. The molecule has 1 amide bonds. The molecular formula is C11H23N3O2. The van der Waals surface area contributed by atoms with Crippen molar-refractivity contribution in [3.63, 3.8) is 0 Å². The van der Waals surface area contributed by atoms with E-state index in [2.05, 4.69) is 12.1 Å². The molecule has 1 atom stereocenters. The first kappa shape index (κ1) is 14.7. The van der Waals surface area contributed by atoms with Crippen LogP contribution in [0, 0.1) is 5.41 Å². The van der Waals surface area contributed by atoms with Gasteiger partial charge in [-0.3, -0.25) is 4.79 Å². The van der Waals surface area contributed by atoms with E-state index in [4.69, 9.17) is 10.9 Å². The maximum absolute atomic E-state index is 12.2. The SMILES string of the molecule is CCCCN(C)C(=O)C(C)(CC)C(N)=NO. The average molecular weight is 229 g/mol. The fraction of sp³-hybridized carbons (Fsp3) is 0.818. The molecule has 1 unspecified atom stereocenters. The third-order valence-electron chi connectivity index (χ3n) is 3.05. The fourth-order valence-corrected chi connectivity index (χ4v) is 1.47. The molecule has 0 saturated carbocycles. The Kier molecular flexibility index (Phi) is 5.85. The number of hydrogen-bond donors (Lipinski definition) is 2. The summed E-state index contributed by atoms with van der Waals surface area (Å²) in [5.41, 5.74) is 4.68. The van der Waals surface area contributed by atoms with Gasteiger partial charge in [0.2, 0.25) is 5.91 Å². The van der Waals surface area contributed by atoms with Gasteiger partial charge in [0, 0.05) is 13.6 Å². The summed E-state index contributed by atoms with van der Waals surface area (Å²) < 4.78 is 0. The van der Waals surface area contributed by atoms with Crippen LogP contribution < -0.4 is 5.73 Å². The highest BCUT2D eigenvalue weighted by Crippen LogP contribution is 2.24. The minimum absolute atomic E-state index is 0.0247. The Balaban J connectivity index is 4.77. The lowest BCUT2D eigenvalue weighted by Crippen LogP contribution is -2.48. The van der Waals surface area contributed by atoms with Crippen molar-refractivity contribution in [1.29, 1.82) is 0 Å². The smallest absolute Gasteiger partial charge is 0.235 e. The number of hydrogen-bond acceptors (Lipinski definition) is 3. The standard InChI is InChI=1S/C11H23N3O2/c1-5-7-8-14(4)10(15)11(3,6-2)9(12)13-16/h16H,5-8H2,1-4H3,(H2,12,13). The van der Waals surface area contributed by atoms with E-state index in [0.717, 1.165) is 12.8 Å². The molecule has 16 heavy (non-hydrogen) atoms. The Morgan fingerprint density at radius 3 is 2.44 bits per heavy atom. The Labute approximate surface area is 97.3 Å². The third kappa shape index (κ3) is 3.12. The second kappa shape index (κ2) is 6.35. The first-order chi connectivity index (χ1) is 7.43. The quantitative estimate of drug-likeness (QED) is 0.313. The molecule has 0 aromatic heterocycles. The normalized spacial score (nSPS) is 15.6. The molecule has 0 aromatic carbocycles. The molecule has 5 nitrogen and oxygen atoms in total. The van der Waals surface area contributed by atoms with Crippen LogP contribution in [-0.4, -0.2) is 35.4 Å². The summed E-state index contributed by atoms with van der Waals surface area (Å²) in [5, 5.41) is 11.7. The molecule has 0 rings (SSSR count). The Morgan fingerprint density at radius 2 is 2.06 bits per heavy atom. The van der Waals surface area contributed by atoms with E-state index in [9.17, 15) is 4.79 Å². The average Bonchev–Trinajstić information content (AvgIpc) is 2.32. The van der Waals surface area contributed by atoms with Crippen LogP contribution in [0.15, 0.2) is 5.16 Å². The Morgan fingerprint density at radius 1 is 1.50 bits per heavy atom. The van der Waals surface area contributed by atoms with E-state index in [-0.39, 0.29) is 11.7 Å². The predicted molar refractivity (Wildman–Crippen MR) is 64.4 cm³/mol. The lowest BCUT2D eigenvalue weighted by atomic mass is 9.84. The monoisotopic (exact) mass is 229 g/mol. The number of amidine groups is 1. The number of nitrogens with two attached hydrogens (primary N) is 1. The van der Waals surface area contributed by atoms with E-state index in [1.54, 1.807) is 18.9 Å². The molecule has 0 aromatic rings. The summed E-state index contributed by atoms with van der Waals surface area (Å²) in [7, 11) is 1.75. The van der Waals surface area contributed by atoms with E-state index < -0.39 is 5.41 Å². The summed E-state index contributed by atoms with van der Waals surface area (Å²) in [4.78, 5) is 13.8. The van der Waals surface area contributed by atoms with Crippen LogP contribution in [0.2, 0.25) is 0 Å². The van der Waals surface area contributed by atoms with E-state index >= 15 is 0 Å². The van der Waals surface area contributed by atoms with Crippen LogP contribution >= 0.6 is 0 Å². The number of carbonyl (C=O) groups excluding carboxylic acids is 1. The van der Waals surface area contributed by atoms with Crippen LogP contribution in [0.25, 0.3) is 0 Å². The lowest BCUT2D eigenvalue weighted by Gasteiger charge is -2.30. The fourth-order valence-electron chi connectivity index (χ4n) is 1.47. The van der Waals surface area contributed by atoms with Crippen molar-refractivity contribution < 1.29 is 10.0 Å². The number of amides is 1. The maximum atomic E-state index is 12.2. The van der Waals surface area contributed by atoms with Gasteiger partial charge in [-0.25, -0.2) is 0 Å². The molecule has 0 saturated heterocycles. The molecule has 0 fully saturated rings. The first-order valence-electron chi connectivity index (χ1n) is 5.67. The highest BCUT2D eigenvalue weighted by Gasteiger charge is 2.38. The van der Waals surface area contributed by atoms with Gasteiger partial charge >= 0.3 is 0 Å². The van der Waals surface area contributed by atoms with Crippen molar-refractivity contribution in [1.82, 2.24) is 4.90 Å². The van der Waals surface area contributed by atoms with Crippen molar-refractivity contribution in [3.05, 3.63) is 0 Å². The van der Waals surface area contributed by atoms with Crippen molar-refractivity contribution in [2.45, 2.75) is 40.0 Å². The molecule has 0 aliphatic rings. The highest BCUT2D eigenvalue weighted by atomic mass is 16.4. The molecule has 0 bridgehead atoms. The molecule has 0 heterocycles. The van der Waals surface area contributed by atoms with Crippen LogP contribution in [0.1, 0.15) is 40.0 Å². The highest BCUT2D eigenvalue weighted by molar-refractivity contribution is 6.06. The van der Waals surface area contributed by atoms with E-state index in [0.29, 0.717) is 13.0 Å². The molecular weight excluding hydrogens is 206 g/mol. The van der Waals surface area contributed by atoms with Gasteiger partial charge < -0.3 is 15.8 Å². The number of carbonyl (C=O) groups is 1. The van der Waals surface area contributed by atoms with Crippen molar-refractivity contribution in [3.8, 4) is 0 Å². The van der Waals surface area contributed by atoms with Crippen LogP contribution in [0.5, 0.6) is 0 Å². The van der Waals surface area contributed by atoms with E-state index in [1.807, 2.05) is 6.92 Å². The number of rotatable bonds is 6. The molecule has 0 aliphatic carbocycles. The largest absolute Gasteiger partial charge is 0.409 e. The van der Waals surface area contributed by atoms with Gasteiger partial charge in [0.15, 0.2) is 5.84 Å². The zero-order valence-corrected chi connectivity index (χ0v) is 10.7. The molecule has 0 radical (unpaired) electrons. The van der Waals surface area contributed by atoms with Gasteiger partial charge in [-0.2, -0.15) is 0 Å². The van der Waals surface area contributed by atoms with Crippen molar-refractivity contribution in [2.75, 3.05) is 13.6 Å². The molecule has 3 N–H and O–H groups in total. The second-order valence-corrected chi connectivity index (χ2v) is 4.25. The number of oxime groups is 1. The summed E-state index contributed by atoms with van der Waals surface area (Å²) >= 11 is 0. The second-order valence-electron chi connectivity index (χ2n) is 4.25. The summed E-state index contributed by atoms with van der Waals surface area (Å²) in [6, 6.07) is 0. The van der Waals surface area contributed by atoms with Crippen LogP contribution in [0.3, 0.4) is 0 Å². The van der Waals surface area contributed by atoms with Gasteiger partial charge in [-0.15, -0.1) is 0 Å². The lowest BCUT2D eigenvalue weighted by molar-refractivity contribution is -0.136. The van der Waals surface area contributed by atoms with Gasteiger partial charge in [0.25, 0.3) is 0 Å². The zero-order valence-electron chi connectivity index (χ0n) is 10.7. The maximum Gasteiger partial charge on any atom is 0.235 e. The predicted octanol–water partition coefficient (Wildman–Crippen LogP) is 1.41. The third-order valence-corrected chi connectivity index (χ3v) is 3.05. The topological polar surface area (TPSA) is 78.9 Å². The van der Waals surface area contributed by atoms with Crippen molar-refractivity contribution in [2.24, 2.45) is 16.3 Å². The number of unbranched alkanes of at least 4 members (excludes halogenated alkanes) is 1. The minimum Gasteiger partial charge on any atom is -0.409 e. The summed E-state index contributed by atoms with van der Waals surface area (Å²) in [6.45, 7) is 6.32. The van der Waals surface area contributed by atoms with Gasteiger partial charge in [-0.1, -0.05) is 25.4 Å². The summed E-state index contributed by atoms with van der Waals surface area (Å²) in [5.74, 6) is -0.123. The first-order valence-corrected chi connectivity index (χ1v) is 5.67. The number of nitrogens with zero attached hydrogens (tertiary/aromatic N) is 2. The molecule has 0 spiro atoms. The Bertz CT molecular complexity index is 266. The Hall–Kier alpha value is -1.26. The molecule has 94 valence electrons. The van der Waals surface area contributed by atoms with E-state index in [1.165, 1.54) is 0 Å². The minimum atomic E-state index is -0.906. The van der Waals surface area contributed by atoms with Gasteiger partial charge in [0.1, 0.15) is 5.41 Å². The summed E-state index contributed by atoms with van der Waals surface area (Å²) in [6.07, 6.45) is 2.50. The van der Waals surface area contributed by atoms with Crippen LogP contribution in [0.4, 0.5) is 0 Å². The zero-order chi connectivity index (χ0) is 12.8. The van der Waals surface area contributed by atoms with Crippen LogP contribution in [-0.2, 0) is 4.79 Å². The van der Waals surface area contributed by atoms with Crippen molar-refractivity contribution >= 4 is 11.7 Å². The van der Waals surface area contributed by atoms with Gasteiger partial charge in [0.05, 0.1) is 0 Å².